The van der Waals surface area contributed by atoms with Crippen LogP contribution >= 0.6 is 11.8 Å². The van der Waals surface area contributed by atoms with Crippen LogP contribution in [0.15, 0.2) is 95.9 Å². The summed E-state index contributed by atoms with van der Waals surface area (Å²) in [6.07, 6.45) is -4.88. The first-order chi connectivity index (χ1) is 16.6. The number of carbonyl (C=O) groups is 2. The summed E-state index contributed by atoms with van der Waals surface area (Å²) in [5.74, 6) is -1.34. The van der Waals surface area contributed by atoms with E-state index < -0.39 is 48.4 Å². The van der Waals surface area contributed by atoms with Crippen LogP contribution in [0.3, 0.4) is 0 Å². The van der Waals surface area contributed by atoms with Gasteiger partial charge in [0, 0.05) is 4.90 Å². The van der Waals surface area contributed by atoms with E-state index in [9.17, 15) is 19.8 Å². The van der Waals surface area contributed by atoms with E-state index in [0.717, 1.165) is 4.90 Å². The average molecular weight is 481 g/mol. The average Bonchev–Trinajstić information content (AvgIpc) is 2.89. The molecule has 7 nitrogen and oxygen atoms in total. The smallest absolute Gasteiger partial charge is 0.338 e. The highest BCUT2D eigenvalue weighted by Crippen LogP contribution is 2.36. The standard InChI is InChI=1S/C26H24O7S/c27-16-20-21(28)22(32-24(29)17-10-4-1-5-11-17)23(33-25(30)18-12-6-2-7-13-18)26(31-20)34-19-14-8-3-9-15-19/h1-15,20-23,26-28H,16H2/t20-,21+,22+,23-,26+/m1/s1. The summed E-state index contributed by atoms with van der Waals surface area (Å²) < 4.78 is 17.4. The molecule has 0 amide bonds. The monoisotopic (exact) mass is 480 g/mol. The molecule has 0 aromatic heterocycles. The van der Waals surface area contributed by atoms with Crippen molar-refractivity contribution in [3.05, 3.63) is 102 Å². The second kappa shape index (κ2) is 11.3. The number of carbonyl (C=O) groups excluding carboxylic acids is 2. The van der Waals surface area contributed by atoms with Crippen LogP contribution in [0.1, 0.15) is 20.7 Å². The van der Waals surface area contributed by atoms with Crippen LogP contribution in [0.4, 0.5) is 0 Å². The molecule has 0 unspecified atom stereocenters. The summed E-state index contributed by atoms with van der Waals surface area (Å²) in [5, 5.41) is 20.7. The van der Waals surface area contributed by atoms with E-state index in [4.69, 9.17) is 14.2 Å². The Morgan fingerprint density at radius 3 is 1.74 bits per heavy atom. The molecule has 3 aromatic rings. The molecule has 176 valence electrons. The van der Waals surface area contributed by atoms with E-state index in [0.29, 0.717) is 5.56 Å². The molecule has 3 aromatic carbocycles. The van der Waals surface area contributed by atoms with Gasteiger partial charge in [-0.1, -0.05) is 66.4 Å². The highest BCUT2D eigenvalue weighted by Gasteiger charge is 2.50. The molecule has 1 fully saturated rings. The Kier molecular flexibility index (Phi) is 7.97. The van der Waals surface area contributed by atoms with Crippen LogP contribution in [0.25, 0.3) is 0 Å². The van der Waals surface area contributed by atoms with E-state index in [1.807, 2.05) is 30.3 Å². The number of hydrogen-bond donors (Lipinski definition) is 2. The van der Waals surface area contributed by atoms with Crippen molar-refractivity contribution in [3.8, 4) is 0 Å². The molecule has 0 saturated carbocycles. The zero-order chi connectivity index (χ0) is 23.9. The zero-order valence-corrected chi connectivity index (χ0v) is 18.9. The van der Waals surface area contributed by atoms with Crippen molar-refractivity contribution >= 4 is 23.7 Å². The predicted octanol–water partition coefficient (Wildman–Crippen LogP) is 3.31. The Labute approximate surface area is 201 Å². The van der Waals surface area contributed by atoms with Gasteiger partial charge in [0.15, 0.2) is 12.2 Å². The van der Waals surface area contributed by atoms with E-state index in [2.05, 4.69) is 0 Å². The van der Waals surface area contributed by atoms with Crippen molar-refractivity contribution in [1.29, 1.82) is 0 Å². The van der Waals surface area contributed by atoms with Crippen molar-refractivity contribution in [2.75, 3.05) is 6.61 Å². The molecule has 0 radical (unpaired) electrons. The van der Waals surface area contributed by atoms with E-state index in [-0.39, 0.29) is 5.56 Å². The van der Waals surface area contributed by atoms with Crippen LogP contribution in [0.5, 0.6) is 0 Å². The lowest BCUT2D eigenvalue weighted by molar-refractivity contribution is -0.206. The molecule has 0 bridgehead atoms. The summed E-state index contributed by atoms with van der Waals surface area (Å²) in [5.41, 5.74) is -0.274. The molecule has 34 heavy (non-hydrogen) atoms. The summed E-state index contributed by atoms with van der Waals surface area (Å²) in [6, 6.07) is 26.0. The minimum atomic E-state index is -1.42. The van der Waals surface area contributed by atoms with Crippen molar-refractivity contribution in [1.82, 2.24) is 0 Å². The molecule has 2 N–H and O–H groups in total. The third-order valence-corrected chi connectivity index (χ3v) is 6.46. The number of aliphatic hydroxyl groups excluding tert-OH is 2. The first-order valence-electron chi connectivity index (χ1n) is 10.7. The van der Waals surface area contributed by atoms with Crippen LogP contribution < -0.4 is 0 Å². The van der Waals surface area contributed by atoms with Crippen molar-refractivity contribution in [2.24, 2.45) is 0 Å². The number of aliphatic hydroxyl groups is 2. The summed E-state index contributed by atoms with van der Waals surface area (Å²) in [4.78, 5) is 26.6. The molecule has 1 saturated heterocycles. The Morgan fingerprint density at radius 2 is 1.24 bits per heavy atom. The number of hydrogen-bond acceptors (Lipinski definition) is 8. The second-order valence-electron chi connectivity index (χ2n) is 7.62. The number of ether oxygens (including phenoxy) is 3. The van der Waals surface area contributed by atoms with Crippen molar-refractivity contribution in [2.45, 2.75) is 34.7 Å². The molecule has 0 spiro atoms. The highest BCUT2D eigenvalue weighted by atomic mass is 32.2. The van der Waals surface area contributed by atoms with Gasteiger partial charge in [0.25, 0.3) is 0 Å². The van der Waals surface area contributed by atoms with Crippen molar-refractivity contribution < 1.29 is 34.0 Å². The van der Waals surface area contributed by atoms with Gasteiger partial charge in [0.05, 0.1) is 17.7 Å². The molecular formula is C26H24O7S. The van der Waals surface area contributed by atoms with Gasteiger partial charge in [-0.25, -0.2) is 9.59 Å². The Balaban J connectivity index is 1.65. The van der Waals surface area contributed by atoms with E-state index in [1.165, 1.54) is 11.8 Å². The van der Waals surface area contributed by atoms with Gasteiger partial charge in [-0.2, -0.15) is 0 Å². The fourth-order valence-electron chi connectivity index (χ4n) is 3.56. The summed E-state index contributed by atoms with van der Waals surface area (Å²) >= 11 is 1.24. The second-order valence-corrected chi connectivity index (χ2v) is 8.79. The van der Waals surface area contributed by atoms with Crippen LogP contribution in [-0.4, -0.2) is 58.6 Å². The number of benzene rings is 3. The van der Waals surface area contributed by atoms with Crippen LogP contribution in [0.2, 0.25) is 0 Å². The number of esters is 2. The summed E-state index contributed by atoms with van der Waals surface area (Å²) in [6.45, 7) is -0.508. The SMILES string of the molecule is O=C(O[C@@H]1[C@@H](OC(=O)c2ccccc2)[C@@H](O)[C@@H](CO)O[C@H]1Sc1ccccc1)c1ccccc1. The molecule has 8 heteroatoms. The molecule has 4 rings (SSSR count). The molecular weight excluding hydrogens is 456 g/mol. The lowest BCUT2D eigenvalue weighted by Crippen LogP contribution is -2.60. The van der Waals surface area contributed by atoms with Crippen LogP contribution in [0, 0.1) is 0 Å². The van der Waals surface area contributed by atoms with Gasteiger partial charge in [-0.3, -0.25) is 0 Å². The van der Waals surface area contributed by atoms with Gasteiger partial charge < -0.3 is 24.4 Å². The normalized spacial score (nSPS) is 24.2. The van der Waals surface area contributed by atoms with Gasteiger partial charge in [-0.05, 0) is 36.4 Å². The first kappa shape index (κ1) is 24.0. The highest BCUT2D eigenvalue weighted by molar-refractivity contribution is 7.99. The quantitative estimate of drug-likeness (QED) is 0.497. The Morgan fingerprint density at radius 1 is 0.765 bits per heavy atom. The van der Waals surface area contributed by atoms with Gasteiger partial charge in [0.2, 0.25) is 0 Å². The summed E-state index contributed by atoms with van der Waals surface area (Å²) in [7, 11) is 0. The van der Waals surface area contributed by atoms with Gasteiger partial charge in [0.1, 0.15) is 17.6 Å². The lowest BCUT2D eigenvalue weighted by atomic mass is 9.99. The molecule has 1 aliphatic rings. The fraction of sp³-hybridized carbons (Fsp3) is 0.231. The largest absolute Gasteiger partial charge is 0.452 e. The fourth-order valence-corrected chi connectivity index (χ4v) is 4.69. The van der Waals surface area contributed by atoms with Crippen LogP contribution in [-0.2, 0) is 14.2 Å². The Hall–Kier alpha value is -3.17. The number of rotatable bonds is 7. The van der Waals surface area contributed by atoms with Gasteiger partial charge in [-0.15, -0.1) is 0 Å². The number of thioether (sulfide) groups is 1. The first-order valence-corrected chi connectivity index (χ1v) is 11.6. The van der Waals surface area contributed by atoms with Gasteiger partial charge >= 0.3 is 11.9 Å². The maximum Gasteiger partial charge on any atom is 0.338 e. The maximum atomic E-state index is 12.9. The molecule has 5 atom stereocenters. The Bertz CT molecular complexity index is 1080. The predicted molar refractivity (Wildman–Crippen MR) is 125 cm³/mol. The third kappa shape index (κ3) is 5.66. The minimum Gasteiger partial charge on any atom is -0.452 e. The van der Waals surface area contributed by atoms with E-state index >= 15 is 0 Å². The molecule has 0 aliphatic carbocycles. The topological polar surface area (TPSA) is 102 Å². The maximum absolute atomic E-state index is 12.9. The van der Waals surface area contributed by atoms with E-state index in [1.54, 1.807) is 60.7 Å². The van der Waals surface area contributed by atoms with Crippen molar-refractivity contribution in [3.63, 3.8) is 0 Å². The zero-order valence-electron chi connectivity index (χ0n) is 18.1. The molecule has 1 heterocycles. The molecule has 1 aliphatic heterocycles. The third-order valence-electron chi connectivity index (χ3n) is 5.30. The minimum absolute atomic E-state index is 0.280. The lowest BCUT2D eigenvalue weighted by Gasteiger charge is -2.42.